The van der Waals surface area contributed by atoms with Gasteiger partial charge in [0.2, 0.25) is 0 Å². The fourth-order valence-corrected chi connectivity index (χ4v) is 5.80. The van der Waals surface area contributed by atoms with Gasteiger partial charge in [0.25, 0.3) is 10.0 Å². The summed E-state index contributed by atoms with van der Waals surface area (Å²) in [4.78, 5) is 8.99. The highest BCUT2D eigenvalue weighted by atomic mass is 32.2. The van der Waals surface area contributed by atoms with Gasteiger partial charge in [-0.15, -0.1) is 0 Å². The molecule has 0 fully saturated rings. The molecule has 0 aliphatic heterocycles. The molecule has 0 bridgehead atoms. The van der Waals surface area contributed by atoms with Gasteiger partial charge < -0.3 is 5.32 Å². The minimum atomic E-state index is -3.87. The van der Waals surface area contributed by atoms with Crippen molar-refractivity contribution in [3.63, 3.8) is 0 Å². The summed E-state index contributed by atoms with van der Waals surface area (Å²) in [6.45, 7) is 0.588. The summed E-state index contributed by atoms with van der Waals surface area (Å²) in [5.74, 6) is 0. The van der Waals surface area contributed by atoms with E-state index in [1.807, 2.05) is 66.7 Å². The van der Waals surface area contributed by atoms with E-state index in [4.69, 9.17) is 0 Å². The molecule has 4 aromatic carbocycles. The maximum absolute atomic E-state index is 13.4. The van der Waals surface area contributed by atoms with Gasteiger partial charge in [-0.05, 0) is 35.9 Å². The van der Waals surface area contributed by atoms with Crippen LogP contribution >= 0.6 is 0 Å². The normalized spacial score (nSPS) is 11.7. The van der Waals surface area contributed by atoms with Crippen LogP contribution in [0.3, 0.4) is 0 Å². The van der Waals surface area contributed by atoms with Gasteiger partial charge in [0.1, 0.15) is 4.90 Å². The molecule has 0 unspecified atom stereocenters. The van der Waals surface area contributed by atoms with Crippen molar-refractivity contribution in [1.29, 1.82) is 0 Å². The van der Waals surface area contributed by atoms with E-state index in [1.165, 1.54) is 0 Å². The van der Waals surface area contributed by atoms with Gasteiger partial charge in [0.05, 0.1) is 16.7 Å². The molecule has 36 heavy (non-hydrogen) atoms. The number of hydrogen-bond donors (Lipinski definition) is 2. The number of anilines is 2. The quantitative estimate of drug-likeness (QED) is 0.284. The van der Waals surface area contributed by atoms with Gasteiger partial charge in [0.15, 0.2) is 0 Å². The van der Waals surface area contributed by atoms with Gasteiger partial charge in [-0.1, -0.05) is 66.7 Å². The Balaban J connectivity index is 1.35. The third kappa shape index (κ3) is 3.99. The van der Waals surface area contributed by atoms with Crippen molar-refractivity contribution >= 4 is 54.0 Å². The first-order valence-electron chi connectivity index (χ1n) is 11.5. The van der Waals surface area contributed by atoms with Crippen molar-refractivity contribution in [2.45, 2.75) is 11.4 Å². The molecular weight excluding hydrogens is 468 g/mol. The zero-order valence-electron chi connectivity index (χ0n) is 19.2. The van der Waals surface area contributed by atoms with Crippen LogP contribution in [0.4, 0.5) is 11.4 Å². The minimum absolute atomic E-state index is 0.148. The fourth-order valence-electron chi connectivity index (χ4n) is 4.54. The van der Waals surface area contributed by atoms with Crippen molar-refractivity contribution in [1.82, 2.24) is 9.97 Å². The number of nitrogens with one attached hydrogen (secondary N) is 2. The molecule has 6 rings (SSSR count). The lowest BCUT2D eigenvalue weighted by Crippen LogP contribution is -2.14. The van der Waals surface area contributed by atoms with E-state index in [0.717, 1.165) is 38.3 Å². The van der Waals surface area contributed by atoms with E-state index in [9.17, 15) is 8.42 Å². The first kappa shape index (κ1) is 22.0. The number of sulfonamides is 1. The fraction of sp³-hybridized carbons (Fsp3) is 0.0345. The molecule has 0 amide bonds. The smallest absolute Gasteiger partial charge is 0.264 e. The number of aromatic nitrogens is 2. The number of nitrogens with zero attached hydrogens (tertiary/aromatic N) is 2. The zero-order chi connectivity index (χ0) is 24.5. The van der Waals surface area contributed by atoms with E-state index in [-0.39, 0.29) is 4.90 Å². The predicted octanol–water partition coefficient (Wildman–Crippen LogP) is 6.35. The van der Waals surface area contributed by atoms with Crippen LogP contribution in [-0.2, 0) is 16.6 Å². The highest BCUT2D eigenvalue weighted by molar-refractivity contribution is 7.93. The van der Waals surface area contributed by atoms with Gasteiger partial charge in [0, 0.05) is 46.2 Å². The predicted molar refractivity (Wildman–Crippen MR) is 146 cm³/mol. The van der Waals surface area contributed by atoms with Gasteiger partial charge in [-0.25, -0.2) is 8.42 Å². The number of rotatable bonds is 6. The Morgan fingerprint density at radius 1 is 0.611 bits per heavy atom. The highest BCUT2D eigenvalue weighted by Gasteiger charge is 2.20. The second kappa shape index (κ2) is 8.94. The standard InChI is InChI=1S/C29H22N4O2S/c34-36(35,27-14-4-8-21-11-6-18-31-29(21)27)33-26-16-15-25(23-12-1-2-13-24(23)26)32-19-22-9-3-7-20-10-5-17-30-28(20)22/h1-18,32-33H,19H2. The van der Waals surface area contributed by atoms with Gasteiger partial charge in [-0.3, -0.25) is 14.7 Å². The number of fused-ring (bicyclic) bond motifs is 3. The first-order valence-corrected chi connectivity index (χ1v) is 13.0. The van der Waals surface area contributed by atoms with Crippen LogP contribution in [0.1, 0.15) is 5.56 Å². The molecular formula is C29H22N4O2S. The SMILES string of the molecule is O=S(=O)(Nc1ccc(NCc2cccc3cccnc23)c2ccccc12)c1cccc2cccnc12. The summed E-state index contributed by atoms with van der Waals surface area (Å²) in [6, 6.07) is 30.4. The molecule has 0 atom stereocenters. The first-order chi connectivity index (χ1) is 17.6. The molecule has 0 radical (unpaired) electrons. The Morgan fingerprint density at radius 2 is 1.22 bits per heavy atom. The van der Waals surface area contributed by atoms with Crippen molar-refractivity contribution in [3.05, 3.63) is 115 Å². The Bertz CT molecular complexity index is 1840. The Hall–Kier alpha value is -4.49. The van der Waals surface area contributed by atoms with Gasteiger partial charge in [-0.2, -0.15) is 0 Å². The molecule has 2 N–H and O–H groups in total. The Morgan fingerprint density at radius 3 is 2.00 bits per heavy atom. The lowest BCUT2D eigenvalue weighted by Gasteiger charge is -2.16. The van der Waals surface area contributed by atoms with Crippen LogP contribution in [0, 0.1) is 0 Å². The molecule has 0 saturated carbocycles. The molecule has 7 heteroatoms. The summed E-state index contributed by atoms with van der Waals surface area (Å²) in [5.41, 5.74) is 3.92. The lowest BCUT2D eigenvalue weighted by atomic mass is 10.1. The lowest BCUT2D eigenvalue weighted by molar-refractivity contribution is 0.602. The van der Waals surface area contributed by atoms with E-state index in [1.54, 1.807) is 36.7 Å². The van der Waals surface area contributed by atoms with Crippen molar-refractivity contribution in [3.8, 4) is 0 Å². The molecule has 0 spiro atoms. The average Bonchev–Trinajstić information content (AvgIpc) is 2.92. The molecule has 0 aliphatic carbocycles. The molecule has 176 valence electrons. The third-order valence-corrected chi connectivity index (χ3v) is 7.64. The third-order valence-electron chi connectivity index (χ3n) is 6.24. The topological polar surface area (TPSA) is 84.0 Å². The molecule has 6 aromatic rings. The summed E-state index contributed by atoms with van der Waals surface area (Å²) in [7, 11) is -3.87. The summed E-state index contributed by atoms with van der Waals surface area (Å²) >= 11 is 0. The number of benzene rings is 4. The van der Waals surface area contributed by atoms with E-state index >= 15 is 0 Å². The minimum Gasteiger partial charge on any atom is -0.380 e. The molecule has 0 aliphatic rings. The molecule has 6 nitrogen and oxygen atoms in total. The van der Waals surface area contributed by atoms with Crippen molar-refractivity contribution in [2.24, 2.45) is 0 Å². The average molecular weight is 491 g/mol. The molecule has 0 saturated heterocycles. The van der Waals surface area contributed by atoms with Crippen LogP contribution in [0.5, 0.6) is 0 Å². The number of pyridine rings is 2. The largest absolute Gasteiger partial charge is 0.380 e. The maximum atomic E-state index is 13.4. The Labute approximate surface area is 208 Å². The van der Waals surface area contributed by atoms with Crippen LogP contribution in [0.15, 0.2) is 114 Å². The van der Waals surface area contributed by atoms with E-state index in [0.29, 0.717) is 17.7 Å². The second-order valence-corrected chi connectivity index (χ2v) is 10.1. The van der Waals surface area contributed by atoms with Crippen molar-refractivity contribution in [2.75, 3.05) is 10.0 Å². The van der Waals surface area contributed by atoms with Crippen LogP contribution < -0.4 is 10.0 Å². The summed E-state index contributed by atoms with van der Waals surface area (Å²) in [5, 5.41) is 7.10. The van der Waals surface area contributed by atoms with E-state index in [2.05, 4.69) is 26.1 Å². The maximum Gasteiger partial charge on any atom is 0.264 e. The van der Waals surface area contributed by atoms with Crippen molar-refractivity contribution < 1.29 is 8.42 Å². The van der Waals surface area contributed by atoms with Crippen LogP contribution in [0.25, 0.3) is 32.6 Å². The zero-order valence-corrected chi connectivity index (χ0v) is 20.0. The molecule has 2 aromatic heterocycles. The number of hydrogen-bond acceptors (Lipinski definition) is 5. The summed E-state index contributed by atoms with van der Waals surface area (Å²) in [6.07, 6.45) is 3.40. The van der Waals surface area contributed by atoms with Gasteiger partial charge >= 0.3 is 0 Å². The van der Waals surface area contributed by atoms with Crippen LogP contribution in [-0.4, -0.2) is 18.4 Å². The molecule has 2 heterocycles. The van der Waals surface area contributed by atoms with E-state index < -0.39 is 10.0 Å². The monoisotopic (exact) mass is 490 g/mol. The van der Waals surface area contributed by atoms with Crippen LogP contribution in [0.2, 0.25) is 0 Å². The Kier molecular flexibility index (Phi) is 5.47. The summed E-state index contributed by atoms with van der Waals surface area (Å²) < 4.78 is 29.6. The second-order valence-electron chi connectivity index (χ2n) is 8.49. The highest BCUT2D eigenvalue weighted by Crippen LogP contribution is 2.33. The number of para-hydroxylation sites is 2.